The first-order chi connectivity index (χ1) is 18.2. The molecular formula is C29H35F4N3O2. The minimum atomic E-state index is -2.67. The van der Waals surface area contributed by atoms with Crippen LogP contribution in [0.1, 0.15) is 63.0 Å². The predicted octanol–water partition coefficient (Wildman–Crippen LogP) is 6.08. The number of nitrogens with one attached hydrogen (secondary N) is 2. The van der Waals surface area contributed by atoms with Crippen molar-refractivity contribution in [3.05, 3.63) is 65.7 Å². The highest BCUT2D eigenvalue weighted by atomic mass is 19.3. The monoisotopic (exact) mass is 533 g/mol. The first-order valence-electron chi connectivity index (χ1n) is 13.4. The summed E-state index contributed by atoms with van der Waals surface area (Å²) < 4.78 is 54.0. The summed E-state index contributed by atoms with van der Waals surface area (Å²) in [4.78, 5) is 27.6. The number of alkyl halides is 2. The van der Waals surface area contributed by atoms with Crippen LogP contribution in [0.2, 0.25) is 0 Å². The van der Waals surface area contributed by atoms with Gasteiger partial charge in [0.05, 0.1) is 11.7 Å². The molecule has 2 aromatic rings. The van der Waals surface area contributed by atoms with Crippen LogP contribution in [0.4, 0.5) is 23.2 Å². The number of hydrogen-bond donors (Lipinski definition) is 2. The maximum absolute atomic E-state index is 13.8. The van der Waals surface area contributed by atoms with Crippen LogP contribution in [0.3, 0.4) is 0 Å². The van der Waals surface area contributed by atoms with Gasteiger partial charge in [-0.15, -0.1) is 0 Å². The van der Waals surface area contributed by atoms with Gasteiger partial charge in [-0.3, -0.25) is 9.59 Å². The van der Waals surface area contributed by atoms with E-state index >= 15 is 0 Å². The molecule has 0 spiro atoms. The third-order valence-corrected chi connectivity index (χ3v) is 7.73. The van der Waals surface area contributed by atoms with E-state index in [9.17, 15) is 27.2 Å². The summed E-state index contributed by atoms with van der Waals surface area (Å²) in [6.07, 6.45) is 2.52. The number of amides is 2. The molecule has 1 aliphatic heterocycles. The number of hydrogen-bond acceptors (Lipinski definition) is 3. The quantitative estimate of drug-likeness (QED) is 0.384. The van der Waals surface area contributed by atoms with Gasteiger partial charge < -0.3 is 15.5 Å². The Morgan fingerprint density at radius 1 is 0.974 bits per heavy atom. The smallest absolute Gasteiger partial charge is 0.248 e. The summed E-state index contributed by atoms with van der Waals surface area (Å²) in [5.41, 5.74) is 0.964. The zero-order valence-electron chi connectivity index (χ0n) is 21.4. The Morgan fingerprint density at radius 2 is 1.66 bits per heavy atom. The molecule has 0 radical (unpaired) electrons. The van der Waals surface area contributed by atoms with Gasteiger partial charge in [-0.2, -0.15) is 0 Å². The summed E-state index contributed by atoms with van der Waals surface area (Å²) in [6, 6.07) is 12.5. The van der Waals surface area contributed by atoms with Crippen LogP contribution in [0.5, 0.6) is 0 Å². The van der Waals surface area contributed by atoms with Crippen LogP contribution in [0.25, 0.3) is 0 Å². The zero-order chi connectivity index (χ0) is 27.1. The SMILES string of the molecule is O=C(CC1CCN(CC[C@H](NC(=O)C2CCC(F)(F)CC2)c2ccccc2)CC1)Nc1ccc(F)cc1F. The third-order valence-electron chi connectivity index (χ3n) is 7.73. The molecule has 38 heavy (non-hydrogen) atoms. The van der Waals surface area contributed by atoms with Crippen LogP contribution in [-0.2, 0) is 9.59 Å². The van der Waals surface area contributed by atoms with Gasteiger partial charge in [0, 0.05) is 37.8 Å². The summed E-state index contributed by atoms with van der Waals surface area (Å²) in [5, 5.41) is 5.65. The van der Waals surface area contributed by atoms with E-state index in [1.165, 1.54) is 6.07 Å². The number of piperidine rings is 1. The van der Waals surface area contributed by atoms with Crippen molar-refractivity contribution in [2.75, 3.05) is 25.0 Å². The maximum Gasteiger partial charge on any atom is 0.248 e. The number of nitrogens with zero attached hydrogens (tertiary/aromatic N) is 1. The average molecular weight is 534 g/mol. The molecule has 2 amide bonds. The first kappa shape index (κ1) is 28.1. The minimum Gasteiger partial charge on any atom is -0.349 e. The van der Waals surface area contributed by atoms with Crippen molar-refractivity contribution in [1.82, 2.24) is 10.2 Å². The Balaban J connectivity index is 1.24. The van der Waals surface area contributed by atoms with E-state index in [1.54, 1.807) is 0 Å². The summed E-state index contributed by atoms with van der Waals surface area (Å²) >= 11 is 0. The Kier molecular flexibility index (Phi) is 9.41. The van der Waals surface area contributed by atoms with Crippen LogP contribution >= 0.6 is 0 Å². The Labute approximate surface area is 221 Å². The number of halogens is 4. The van der Waals surface area contributed by atoms with E-state index in [0.717, 1.165) is 50.2 Å². The number of benzene rings is 2. The largest absolute Gasteiger partial charge is 0.349 e. The third kappa shape index (κ3) is 8.03. The zero-order valence-corrected chi connectivity index (χ0v) is 21.4. The second kappa shape index (κ2) is 12.7. The number of anilines is 1. The average Bonchev–Trinajstić information content (AvgIpc) is 2.89. The minimum absolute atomic E-state index is 0.0234. The Bertz CT molecular complexity index is 1080. The standard InChI is InChI=1S/C29H35F4N3O2/c30-23-6-7-26(24(31)19-23)34-27(37)18-20-10-15-36(16-11-20)17-12-25(21-4-2-1-3-5-21)35-28(38)22-8-13-29(32,33)14-9-22/h1-7,19-20,22,25H,8-18H2,(H,34,37)(H,35,38)/t25-/m0/s1. The lowest BCUT2D eigenvalue weighted by Gasteiger charge is -2.33. The van der Waals surface area contributed by atoms with Gasteiger partial charge in [-0.25, -0.2) is 17.6 Å². The molecule has 2 fully saturated rings. The molecule has 2 N–H and O–H groups in total. The second-order valence-electron chi connectivity index (χ2n) is 10.6. The second-order valence-corrected chi connectivity index (χ2v) is 10.6. The maximum atomic E-state index is 13.8. The fourth-order valence-corrected chi connectivity index (χ4v) is 5.38. The molecular weight excluding hydrogens is 498 g/mol. The molecule has 2 aliphatic rings. The van der Waals surface area contributed by atoms with E-state index in [2.05, 4.69) is 15.5 Å². The summed E-state index contributed by atoms with van der Waals surface area (Å²) in [7, 11) is 0. The highest BCUT2D eigenvalue weighted by Gasteiger charge is 2.37. The highest BCUT2D eigenvalue weighted by Crippen LogP contribution is 2.36. The molecule has 1 saturated carbocycles. The van der Waals surface area contributed by atoms with Crippen LogP contribution in [0.15, 0.2) is 48.5 Å². The van der Waals surface area contributed by atoms with Gasteiger partial charge >= 0.3 is 0 Å². The molecule has 0 unspecified atom stereocenters. The Hall–Kier alpha value is -2.94. The molecule has 9 heteroatoms. The predicted molar refractivity (Wildman–Crippen MR) is 138 cm³/mol. The Morgan fingerprint density at radius 3 is 2.32 bits per heavy atom. The van der Waals surface area contributed by atoms with Gasteiger partial charge in [0.2, 0.25) is 17.7 Å². The fraction of sp³-hybridized carbons (Fsp3) is 0.517. The topological polar surface area (TPSA) is 61.4 Å². The van der Waals surface area contributed by atoms with Gasteiger partial charge in [0.1, 0.15) is 11.6 Å². The van der Waals surface area contributed by atoms with Crippen molar-refractivity contribution >= 4 is 17.5 Å². The summed E-state index contributed by atoms with van der Waals surface area (Å²) in [5.74, 6) is -4.82. The summed E-state index contributed by atoms with van der Waals surface area (Å²) in [6.45, 7) is 2.36. The number of carbonyl (C=O) groups excluding carboxylic acids is 2. The van der Waals surface area contributed by atoms with Crippen LogP contribution in [-0.4, -0.2) is 42.3 Å². The van der Waals surface area contributed by atoms with Gasteiger partial charge in [-0.05, 0) is 68.8 Å². The van der Waals surface area contributed by atoms with Crippen molar-refractivity contribution in [2.24, 2.45) is 11.8 Å². The van der Waals surface area contributed by atoms with Crippen molar-refractivity contribution in [3.63, 3.8) is 0 Å². The molecule has 206 valence electrons. The van der Waals surface area contributed by atoms with E-state index in [0.29, 0.717) is 6.42 Å². The van der Waals surface area contributed by atoms with E-state index in [4.69, 9.17) is 0 Å². The van der Waals surface area contributed by atoms with Gasteiger partial charge in [0.25, 0.3) is 0 Å². The molecule has 4 rings (SSSR count). The van der Waals surface area contributed by atoms with Crippen molar-refractivity contribution in [3.8, 4) is 0 Å². The van der Waals surface area contributed by atoms with Gasteiger partial charge in [0.15, 0.2) is 0 Å². The number of carbonyl (C=O) groups is 2. The first-order valence-corrected chi connectivity index (χ1v) is 13.4. The molecule has 1 aliphatic carbocycles. The molecule has 1 saturated heterocycles. The van der Waals surface area contributed by atoms with Crippen molar-refractivity contribution < 1.29 is 27.2 Å². The number of likely N-dealkylation sites (tertiary alicyclic amines) is 1. The van der Waals surface area contributed by atoms with Gasteiger partial charge in [-0.1, -0.05) is 30.3 Å². The molecule has 1 heterocycles. The fourth-order valence-electron chi connectivity index (χ4n) is 5.38. The van der Waals surface area contributed by atoms with Crippen molar-refractivity contribution in [2.45, 2.75) is 63.3 Å². The molecule has 1 atom stereocenters. The molecule has 0 bridgehead atoms. The highest BCUT2D eigenvalue weighted by molar-refractivity contribution is 5.91. The van der Waals surface area contributed by atoms with E-state index < -0.39 is 17.6 Å². The normalized spacial score (nSPS) is 19.6. The lowest BCUT2D eigenvalue weighted by Crippen LogP contribution is -2.40. The number of rotatable bonds is 9. The lowest BCUT2D eigenvalue weighted by atomic mass is 9.86. The van der Waals surface area contributed by atoms with E-state index in [-0.39, 0.29) is 67.5 Å². The van der Waals surface area contributed by atoms with E-state index in [1.807, 2.05) is 30.3 Å². The van der Waals surface area contributed by atoms with Crippen LogP contribution in [0, 0.1) is 23.5 Å². The van der Waals surface area contributed by atoms with Crippen molar-refractivity contribution in [1.29, 1.82) is 0 Å². The lowest BCUT2D eigenvalue weighted by molar-refractivity contribution is -0.130. The molecule has 5 nitrogen and oxygen atoms in total. The molecule has 2 aromatic carbocycles. The molecule has 0 aromatic heterocycles. The van der Waals surface area contributed by atoms with Crippen LogP contribution < -0.4 is 10.6 Å².